The Morgan fingerprint density at radius 2 is 1.87 bits per heavy atom. The monoisotopic (exact) mass is 207 g/mol. The molecule has 0 aromatic heterocycles. The Morgan fingerprint density at radius 1 is 1.20 bits per heavy atom. The zero-order valence-corrected chi connectivity index (χ0v) is 9.54. The van der Waals surface area contributed by atoms with Gasteiger partial charge in [0.05, 0.1) is 0 Å². The van der Waals surface area contributed by atoms with Gasteiger partial charge in [0.1, 0.15) is 0 Å². The van der Waals surface area contributed by atoms with Gasteiger partial charge in [-0.25, -0.2) is 0 Å². The van der Waals surface area contributed by atoms with Gasteiger partial charge in [-0.3, -0.25) is 4.79 Å². The van der Waals surface area contributed by atoms with Crippen LogP contribution in [0.2, 0.25) is 0 Å². The van der Waals surface area contributed by atoms with E-state index >= 15 is 0 Å². The number of nitrogens with one attached hydrogen (secondary N) is 1. The highest BCUT2D eigenvalue weighted by Gasteiger charge is 2.28. The fourth-order valence-corrected chi connectivity index (χ4v) is 1.33. The van der Waals surface area contributed by atoms with Crippen LogP contribution in [0, 0.1) is 5.92 Å². The third-order valence-corrected chi connectivity index (χ3v) is 2.41. The number of hydrogen-bond donors (Lipinski definition) is 1. The standard InChI is InChI=1S/C13H21NO/c1-2-3-4-5-6-7-8-11-14-13(15)12-9-10-12/h3-4,7-8,12H,2,5-6,9-11H2,1H3,(H,14,15)/b4-3-,8-7+. The SMILES string of the molecule is CC/C=C\CC/C=C/CNC(=O)C1CC1. The van der Waals surface area contributed by atoms with Crippen LogP contribution in [0.25, 0.3) is 0 Å². The van der Waals surface area contributed by atoms with Crippen molar-refractivity contribution in [2.75, 3.05) is 6.54 Å². The third-order valence-electron chi connectivity index (χ3n) is 2.41. The summed E-state index contributed by atoms with van der Waals surface area (Å²) in [7, 11) is 0. The lowest BCUT2D eigenvalue weighted by atomic mass is 10.2. The van der Waals surface area contributed by atoms with Gasteiger partial charge in [0.25, 0.3) is 0 Å². The molecule has 0 radical (unpaired) electrons. The molecule has 1 rings (SSSR count). The Labute approximate surface area is 92.4 Å². The largest absolute Gasteiger partial charge is 0.352 e. The average molecular weight is 207 g/mol. The van der Waals surface area contributed by atoms with Crippen LogP contribution in [0.4, 0.5) is 0 Å². The molecule has 0 atom stereocenters. The molecule has 84 valence electrons. The fourth-order valence-electron chi connectivity index (χ4n) is 1.33. The van der Waals surface area contributed by atoms with Crippen molar-refractivity contribution in [1.82, 2.24) is 5.32 Å². The Kier molecular flexibility index (Phi) is 5.83. The van der Waals surface area contributed by atoms with Gasteiger partial charge >= 0.3 is 0 Å². The molecule has 2 nitrogen and oxygen atoms in total. The van der Waals surface area contributed by atoms with E-state index in [0.29, 0.717) is 12.5 Å². The summed E-state index contributed by atoms with van der Waals surface area (Å²) in [4.78, 5) is 11.2. The first-order valence-electron chi connectivity index (χ1n) is 5.92. The number of carbonyl (C=O) groups excluding carboxylic acids is 1. The summed E-state index contributed by atoms with van der Waals surface area (Å²) in [5.41, 5.74) is 0. The van der Waals surface area contributed by atoms with Gasteiger partial charge in [-0.2, -0.15) is 0 Å². The fraction of sp³-hybridized carbons (Fsp3) is 0.615. The van der Waals surface area contributed by atoms with Crippen molar-refractivity contribution in [2.45, 2.75) is 39.0 Å². The molecule has 0 spiro atoms. The quantitative estimate of drug-likeness (QED) is 0.505. The minimum Gasteiger partial charge on any atom is -0.352 e. The third kappa shape index (κ3) is 6.10. The molecule has 0 bridgehead atoms. The first kappa shape index (κ1) is 12.0. The molecule has 0 saturated heterocycles. The van der Waals surface area contributed by atoms with Gasteiger partial charge in [-0.15, -0.1) is 0 Å². The lowest BCUT2D eigenvalue weighted by molar-refractivity contribution is -0.122. The van der Waals surface area contributed by atoms with Crippen LogP contribution in [0.5, 0.6) is 0 Å². The lowest BCUT2D eigenvalue weighted by Crippen LogP contribution is -2.24. The molecule has 1 saturated carbocycles. The summed E-state index contributed by atoms with van der Waals surface area (Å²) in [5, 5.41) is 2.90. The maximum atomic E-state index is 11.2. The van der Waals surface area contributed by atoms with Crippen molar-refractivity contribution < 1.29 is 4.79 Å². The van der Waals surface area contributed by atoms with E-state index in [4.69, 9.17) is 0 Å². The number of unbranched alkanes of at least 4 members (excludes halogenated alkanes) is 1. The van der Waals surface area contributed by atoms with Crippen molar-refractivity contribution in [3.63, 3.8) is 0 Å². The molecular weight excluding hydrogens is 186 g/mol. The Hall–Kier alpha value is -1.05. The molecule has 1 fully saturated rings. The van der Waals surface area contributed by atoms with Gasteiger partial charge in [0.2, 0.25) is 5.91 Å². The minimum absolute atomic E-state index is 0.227. The van der Waals surface area contributed by atoms with Crippen LogP contribution in [-0.4, -0.2) is 12.5 Å². The molecule has 0 unspecified atom stereocenters. The molecule has 15 heavy (non-hydrogen) atoms. The van der Waals surface area contributed by atoms with Crippen LogP contribution < -0.4 is 5.32 Å². The van der Waals surface area contributed by atoms with Crippen LogP contribution in [0.3, 0.4) is 0 Å². The van der Waals surface area contributed by atoms with Gasteiger partial charge in [-0.1, -0.05) is 31.2 Å². The number of carbonyl (C=O) groups is 1. The molecule has 0 aromatic rings. The Morgan fingerprint density at radius 3 is 2.47 bits per heavy atom. The molecule has 1 aliphatic carbocycles. The summed E-state index contributed by atoms with van der Waals surface area (Å²) in [6.45, 7) is 2.83. The van der Waals surface area contributed by atoms with Crippen molar-refractivity contribution in [3.05, 3.63) is 24.3 Å². The van der Waals surface area contributed by atoms with Gasteiger partial charge in [0.15, 0.2) is 0 Å². The van der Waals surface area contributed by atoms with E-state index in [0.717, 1.165) is 32.1 Å². The summed E-state index contributed by atoms with van der Waals surface area (Å²) >= 11 is 0. The van der Waals surface area contributed by atoms with E-state index in [1.165, 1.54) is 0 Å². The summed E-state index contributed by atoms with van der Waals surface area (Å²) < 4.78 is 0. The van der Waals surface area contributed by atoms with E-state index < -0.39 is 0 Å². The molecule has 1 aliphatic rings. The predicted octanol–water partition coefficient (Wildman–Crippen LogP) is 2.82. The van der Waals surface area contributed by atoms with Crippen molar-refractivity contribution in [3.8, 4) is 0 Å². The van der Waals surface area contributed by atoms with Gasteiger partial charge < -0.3 is 5.32 Å². The molecule has 0 aromatic carbocycles. The summed E-state index contributed by atoms with van der Waals surface area (Å²) in [6, 6.07) is 0. The molecular formula is C13H21NO. The second kappa shape index (κ2) is 7.27. The predicted molar refractivity (Wildman–Crippen MR) is 63.5 cm³/mol. The number of rotatable bonds is 7. The van der Waals surface area contributed by atoms with Crippen molar-refractivity contribution >= 4 is 5.91 Å². The lowest BCUT2D eigenvalue weighted by Gasteiger charge is -1.98. The van der Waals surface area contributed by atoms with E-state index in [1.807, 2.05) is 6.08 Å². The highest BCUT2D eigenvalue weighted by Crippen LogP contribution is 2.28. The molecule has 1 N–H and O–H groups in total. The Balaban J connectivity index is 1.92. The molecule has 2 heteroatoms. The van der Waals surface area contributed by atoms with Crippen LogP contribution in [0.15, 0.2) is 24.3 Å². The van der Waals surface area contributed by atoms with Gasteiger partial charge in [0, 0.05) is 12.5 Å². The molecule has 1 amide bonds. The average Bonchev–Trinajstić information content (AvgIpc) is 3.05. The van der Waals surface area contributed by atoms with Crippen molar-refractivity contribution in [1.29, 1.82) is 0 Å². The highest BCUT2D eigenvalue weighted by molar-refractivity contribution is 5.80. The second-order valence-electron chi connectivity index (χ2n) is 3.95. The smallest absolute Gasteiger partial charge is 0.223 e. The molecule has 0 aliphatic heterocycles. The van der Waals surface area contributed by atoms with E-state index in [-0.39, 0.29) is 5.91 Å². The summed E-state index contributed by atoms with van der Waals surface area (Å²) in [6.07, 6.45) is 14.0. The summed E-state index contributed by atoms with van der Waals surface area (Å²) in [5.74, 6) is 0.552. The van der Waals surface area contributed by atoms with E-state index in [9.17, 15) is 4.79 Å². The normalized spacial score (nSPS) is 16.3. The van der Waals surface area contributed by atoms with Crippen LogP contribution in [0.1, 0.15) is 39.0 Å². The first-order valence-corrected chi connectivity index (χ1v) is 5.92. The zero-order valence-electron chi connectivity index (χ0n) is 9.54. The second-order valence-corrected chi connectivity index (χ2v) is 3.95. The minimum atomic E-state index is 0.227. The molecule has 0 heterocycles. The van der Waals surface area contributed by atoms with Gasteiger partial charge in [-0.05, 0) is 32.1 Å². The van der Waals surface area contributed by atoms with Crippen LogP contribution in [-0.2, 0) is 4.79 Å². The van der Waals surface area contributed by atoms with Crippen molar-refractivity contribution in [2.24, 2.45) is 5.92 Å². The number of allylic oxidation sites excluding steroid dienone is 3. The van der Waals surface area contributed by atoms with Crippen LogP contribution >= 0.6 is 0 Å². The Bertz CT molecular complexity index is 239. The topological polar surface area (TPSA) is 29.1 Å². The highest BCUT2D eigenvalue weighted by atomic mass is 16.2. The first-order chi connectivity index (χ1) is 7.34. The van der Waals surface area contributed by atoms with E-state index in [1.54, 1.807) is 0 Å². The maximum Gasteiger partial charge on any atom is 0.223 e. The number of hydrogen-bond acceptors (Lipinski definition) is 1. The van der Waals surface area contributed by atoms with E-state index in [2.05, 4.69) is 30.5 Å². The maximum absolute atomic E-state index is 11.2. The zero-order chi connectivity index (χ0) is 10.9. The number of amides is 1.